The second kappa shape index (κ2) is 15.4. The number of benzene rings is 16. The lowest BCUT2D eigenvalue weighted by atomic mass is 9.91. The number of rotatable bonds is 7. The summed E-state index contributed by atoms with van der Waals surface area (Å²) in [5.41, 5.74) is 7.37. The van der Waals surface area contributed by atoms with Gasteiger partial charge >= 0.3 is 0 Å². The Morgan fingerprint density at radius 3 is 0.630 bits per heavy atom. The number of hydrogen-bond acceptors (Lipinski definition) is 0. The van der Waals surface area contributed by atoms with E-state index in [-0.39, 0.29) is 0 Å². The molecular formula is C72H44Si. The van der Waals surface area contributed by atoms with Crippen LogP contribution in [0.1, 0.15) is 0 Å². The fraction of sp³-hybridized carbons (Fsp3) is 0. The molecule has 0 aliphatic carbocycles. The van der Waals surface area contributed by atoms with Gasteiger partial charge in [-0.2, -0.15) is 0 Å². The highest BCUT2D eigenvalue weighted by Crippen LogP contribution is 2.41. The fourth-order valence-electron chi connectivity index (χ4n) is 13.2. The Hall–Kier alpha value is -9.14. The van der Waals surface area contributed by atoms with Crippen LogP contribution in [0.3, 0.4) is 0 Å². The Morgan fingerprint density at radius 1 is 0.151 bits per heavy atom. The molecule has 0 radical (unpaired) electrons. The van der Waals surface area contributed by atoms with Crippen LogP contribution in [0.4, 0.5) is 0 Å². The molecule has 0 atom stereocenters. The van der Waals surface area contributed by atoms with Crippen LogP contribution < -0.4 is 20.7 Å². The monoisotopic (exact) mass is 936 g/mol. The molecule has 0 spiro atoms. The second-order valence-electron chi connectivity index (χ2n) is 20.4. The van der Waals surface area contributed by atoms with Crippen molar-refractivity contribution in [1.29, 1.82) is 0 Å². The van der Waals surface area contributed by atoms with Crippen LogP contribution in [0, 0.1) is 0 Å². The molecule has 0 aromatic heterocycles. The van der Waals surface area contributed by atoms with E-state index in [1.807, 2.05) is 0 Å². The Labute approximate surface area is 423 Å². The molecule has 336 valence electrons. The summed E-state index contributed by atoms with van der Waals surface area (Å²) in [4.78, 5) is 0. The lowest BCUT2D eigenvalue weighted by molar-refractivity contribution is 1.63. The van der Waals surface area contributed by atoms with Crippen molar-refractivity contribution in [3.63, 3.8) is 0 Å². The summed E-state index contributed by atoms with van der Waals surface area (Å²) in [5.74, 6) is 0. The Kier molecular flexibility index (Phi) is 8.57. The van der Waals surface area contributed by atoms with Gasteiger partial charge in [0.1, 0.15) is 0 Å². The van der Waals surface area contributed by atoms with Crippen LogP contribution in [0.15, 0.2) is 267 Å². The predicted octanol–water partition coefficient (Wildman–Crippen LogP) is 16.8. The standard InChI is InChI=1S/C72H44Si/c1-2-13-63(14-3-1)73(64-33-27-45(28-34-64)60-39-54-21-15-48-7-4-8-49-16-22-55(40-60)70(54)67(48)49,65-35-29-46(30-36-65)61-41-56-23-17-50-9-5-10-51-18-24-57(42-61)71(56)68(50)51)66-37-31-47(32-38-66)62-43-58-25-19-52-11-6-12-53-20-26-59(44-62)72(58)69(52)53/h1-44H. The molecule has 0 heterocycles. The summed E-state index contributed by atoms with van der Waals surface area (Å²) < 4.78 is 0. The van der Waals surface area contributed by atoms with Crippen LogP contribution >= 0.6 is 0 Å². The van der Waals surface area contributed by atoms with Crippen molar-refractivity contribution in [2.45, 2.75) is 0 Å². The summed E-state index contributed by atoms with van der Waals surface area (Å²) in [6.07, 6.45) is 0. The van der Waals surface area contributed by atoms with Gasteiger partial charge in [-0.3, -0.25) is 0 Å². The molecule has 16 aromatic carbocycles. The first-order valence-corrected chi connectivity index (χ1v) is 27.5. The summed E-state index contributed by atoms with van der Waals surface area (Å²) >= 11 is 0. The third-order valence-electron chi connectivity index (χ3n) is 16.6. The highest BCUT2D eigenvalue weighted by molar-refractivity contribution is 7.19. The van der Waals surface area contributed by atoms with Crippen LogP contribution in [0.2, 0.25) is 0 Å². The molecule has 16 rings (SSSR count). The maximum absolute atomic E-state index is 2.96. The van der Waals surface area contributed by atoms with Crippen molar-refractivity contribution >= 4 is 126 Å². The van der Waals surface area contributed by atoms with E-state index in [4.69, 9.17) is 0 Å². The van der Waals surface area contributed by atoms with Crippen LogP contribution in [0.25, 0.3) is 130 Å². The molecule has 0 aliphatic heterocycles. The minimum Gasteiger partial charge on any atom is -0.0623 e. The zero-order valence-corrected chi connectivity index (χ0v) is 40.9. The van der Waals surface area contributed by atoms with Gasteiger partial charge in [-0.25, -0.2) is 0 Å². The van der Waals surface area contributed by atoms with Crippen molar-refractivity contribution < 1.29 is 0 Å². The third-order valence-corrected chi connectivity index (χ3v) is 21.3. The van der Waals surface area contributed by atoms with Gasteiger partial charge in [0.2, 0.25) is 0 Å². The van der Waals surface area contributed by atoms with E-state index in [9.17, 15) is 0 Å². The molecule has 1 heteroatoms. The first-order valence-electron chi connectivity index (χ1n) is 25.5. The summed E-state index contributed by atoms with van der Waals surface area (Å²) in [5, 5.41) is 29.0. The third kappa shape index (κ3) is 6.01. The van der Waals surface area contributed by atoms with E-state index in [1.54, 1.807) is 0 Å². The van der Waals surface area contributed by atoms with E-state index in [0.717, 1.165) is 0 Å². The van der Waals surface area contributed by atoms with Gasteiger partial charge in [-0.15, -0.1) is 0 Å². The molecular weight excluding hydrogens is 893 g/mol. The fourth-order valence-corrected chi connectivity index (χ4v) is 17.9. The lowest BCUT2D eigenvalue weighted by Gasteiger charge is -2.35. The van der Waals surface area contributed by atoms with Gasteiger partial charge in [-0.1, -0.05) is 231 Å². The van der Waals surface area contributed by atoms with Gasteiger partial charge in [-0.05, 0) is 187 Å². The average Bonchev–Trinajstić information content (AvgIpc) is 3.46. The van der Waals surface area contributed by atoms with E-state index in [0.29, 0.717) is 0 Å². The van der Waals surface area contributed by atoms with Gasteiger partial charge in [0.25, 0.3) is 0 Å². The molecule has 73 heavy (non-hydrogen) atoms. The van der Waals surface area contributed by atoms with Crippen molar-refractivity contribution in [3.05, 3.63) is 267 Å². The smallest absolute Gasteiger partial charge is 0.0623 e. The van der Waals surface area contributed by atoms with Crippen molar-refractivity contribution in [1.82, 2.24) is 0 Å². The molecule has 0 nitrogen and oxygen atoms in total. The van der Waals surface area contributed by atoms with Crippen molar-refractivity contribution in [3.8, 4) is 33.4 Å². The molecule has 0 amide bonds. The second-order valence-corrected chi connectivity index (χ2v) is 24.2. The summed E-state index contributed by atoms with van der Waals surface area (Å²) in [6, 6.07) is 102. The molecule has 0 unspecified atom stereocenters. The van der Waals surface area contributed by atoms with Crippen LogP contribution in [-0.4, -0.2) is 8.07 Å². The van der Waals surface area contributed by atoms with Gasteiger partial charge in [0.15, 0.2) is 8.07 Å². The van der Waals surface area contributed by atoms with Gasteiger partial charge in [0.05, 0.1) is 0 Å². The van der Waals surface area contributed by atoms with Gasteiger partial charge in [0, 0.05) is 0 Å². The van der Waals surface area contributed by atoms with Crippen LogP contribution in [-0.2, 0) is 0 Å². The molecule has 0 saturated carbocycles. The minimum absolute atomic E-state index is 1.22. The highest BCUT2D eigenvalue weighted by Gasteiger charge is 2.41. The SMILES string of the molecule is c1ccc([Si](c2ccc(-c3cc4ccc5cccc6ccc(c3)c4c56)cc2)(c2ccc(-c3cc4ccc5cccc6ccc(c3)c4c56)cc2)c2ccc(-c3cc4ccc5cccc6ccc(c3)c4c56)cc2)cc1. The number of hydrogen-bond donors (Lipinski definition) is 0. The Morgan fingerprint density at radius 2 is 0.370 bits per heavy atom. The summed E-state index contributed by atoms with van der Waals surface area (Å²) in [6.45, 7) is 0. The first kappa shape index (κ1) is 40.6. The van der Waals surface area contributed by atoms with Crippen molar-refractivity contribution in [2.75, 3.05) is 0 Å². The zero-order valence-electron chi connectivity index (χ0n) is 39.9. The lowest BCUT2D eigenvalue weighted by Crippen LogP contribution is -2.74. The van der Waals surface area contributed by atoms with Gasteiger partial charge < -0.3 is 0 Å². The molecule has 0 aliphatic rings. The topological polar surface area (TPSA) is 0 Å². The average molecular weight is 937 g/mol. The highest BCUT2D eigenvalue weighted by atomic mass is 28.3. The maximum Gasteiger partial charge on any atom is 0.179 e. The molecule has 0 N–H and O–H groups in total. The molecule has 16 aromatic rings. The van der Waals surface area contributed by atoms with Crippen molar-refractivity contribution in [2.24, 2.45) is 0 Å². The molecule has 0 fully saturated rings. The molecule has 0 bridgehead atoms. The predicted molar refractivity (Wildman–Crippen MR) is 317 cm³/mol. The zero-order chi connectivity index (χ0) is 47.8. The largest absolute Gasteiger partial charge is 0.179 e. The normalized spacial score (nSPS) is 12.4. The van der Waals surface area contributed by atoms with E-state index >= 15 is 0 Å². The minimum atomic E-state index is -2.96. The van der Waals surface area contributed by atoms with E-state index in [1.165, 1.54) is 151 Å². The Bertz CT molecular complexity index is 4150. The first-order chi connectivity index (χ1) is 36.1. The van der Waals surface area contributed by atoms with E-state index in [2.05, 4.69) is 267 Å². The molecule has 0 saturated heterocycles. The Balaban J connectivity index is 0.863. The summed E-state index contributed by atoms with van der Waals surface area (Å²) in [7, 11) is -2.96. The quantitative estimate of drug-likeness (QED) is 0.0849. The van der Waals surface area contributed by atoms with E-state index < -0.39 is 8.07 Å². The van der Waals surface area contributed by atoms with Crippen LogP contribution in [0.5, 0.6) is 0 Å². The maximum atomic E-state index is 2.44.